The number of anilines is 1. The minimum atomic E-state index is -3.93. The van der Waals surface area contributed by atoms with Gasteiger partial charge in [-0.3, -0.25) is 4.79 Å². The molecule has 0 radical (unpaired) electrons. The van der Waals surface area contributed by atoms with Crippen LogP contribution in [0.2, 0.25) is 0 Å². The van der Waals surface area contributed by atoms with E-state index >= 15 is 0 Å². The molecule has 1 aromatic heterocycles. The highest BCUT2D eigenvalue weighted by molar-refractivity contribution is 7.89. The Labute approximate surface area is 235 Å². The van der Waals surface area contributed by atoms with E-state index in [-0.39, 0.29) is 16.8 Å². The fourth-order valence-electron chi connectivity index (χ4n) is 4.73. The summed E-state index contributed by atoms with van der Waals surface area (Å²) in [6, 6.07) is 23.5. The predicted molar refractivity (Wildman–Crippen MR) is 160 cm³/mol. The molecule has 1 aliphatic heterocycles. The molecule has 0 atom stereocenters. The van der Waals surface area contributed by atoms with Crippen molar-refractivity contribution < 1.29 is 13.2 Å². The topological polar surface area (TPSA) is 70.6 Å². The van der Waals surface area contributed by atoms with Crippen LogP contribution < -0.4 is 4.90 Å². The lowest BCUT2D eigenvalue weighted by molar-refractivity contribution is -0.113. The molecule has 2 heterocycles. The molecule has 1 amide bonds. The first-order chi connectivity index (χ1) is 18.8. The van der Waals surface area contributed by atoms with Crippen LogP contribution in [0.25, 0.3) is 11.6 Å². The van der Waals surface area contributed by atoms with Gasteiger partial charge in [0.15, 0.2) is 0 Å². The fraction of sp³-hybridized carbons (Fsp3) is 0.226. The average Bonchev–Trinajstić information content (AvgIpc) is 3.57. The van der Waals surface area contributed by atoms with E-state index in [1.54, 1.807) is 42.4 Å². The van der Waals surface area contributed by atoms with Crippen LogP contribution in [-0.4, -0.2) is 36.7 Å². The number of aromatic nitrogens is 1. The summed E-state index contributed by atoms with van der Waals surface area (Å²) < 4.78 is 29.5. The average molecular weight is 560 g/mol. The third kappa shape index (κ3) is 5.59. The molecule has 0 spiro atoms. The van der Waals surface area contributed by atoms with Gasteiger partial charge in [0.2, 0.25) is 10.0 Å². The molecular formula is C31H33N3O3S2. The molecule has 0 saturated heterocycles. The molecule has 3 aromatic carbocycles. The Morgan fingerprint density at radius 3 is 2.03 bits per heavy atom. The van der Waals surface area contributed by atoms with Crippen LogP contribution in [0.15, 0.2) is 95.3 Å². The molecule has 5 rings (SSSR count). The maximum absolute atomic E-state index is 14.0. The SMILES string of the molecule is CC.CC(C)N1C(=O)/C(=C/c2nccs2)c2cc(S(=O)(=O)N(C)C(c3ccccc3)c3ccccc3)ccc21. The number of fused-ring (bicyclic) bond motifs is 1. The number of thiazole rings is 1. The van der Waals surface area contributed by atoms with Gasteiger partial charge in [0.25, 0.3) is 5.91 Å². The Bertz CT molecular complexity index is 1510. The van der Waals surface area contributed by atoms with Gasteiger partial charge in [-0.1, -0.05) is 74.5 Å². The smallest absolute Gasteiger partial charge is 0.259 e. The highest BCUT2D eigenvalue weighted by Crippen LogP contribution is 2.41. The fourth-order valence-corrected chi connectivity index (χ4v) is 6.65. The minimum Gasteiger partial charge on any atom is -0.305 e. The number of rotatable bonds is 7. The molecule has 0 unspecified atom stereocenters. The number of hydrogen-bond donors (Lipinski definition) is 0. The summed E-state index contributed by atoms with van der Waals surface area (Å²) in [5.74, 6) is -0.158. The van der Waals surface area contributed by atoms with Crippen molar-refractivity contribution in [2.45, 2.75) is 44.7 Å². The third-order valence-electron chi connectivity index (χ3n) is 6.47. The largest absolute Gasteiger partial charge is 0.305 e. The minimum absolute atomic E-state index is 0.0842. The van der Waals surface area contributed by atoms with Gasteiger partial charge < -0.3 is 4.90 Å². The molecule has 8 heteroatoms. The normalized spacial score (nSPS) is 14.2. The zero-order valence-corrected chi connectivity index (χ0v) is 24.4. The second-order valence-corrected chi connectivity index (χ2v) is 12.0. The summed E-state index contributed by atoms with van der Waals surface area (Å²) >= 11 is 1.43. The van der Waals surface area contributed by atoms with Gasteiger partial charge >= 0.3 is 0 Å². The number of carbonyl (C=O) groups excluding carboxylic acids is 1. The summed E-state index contributed by atoms with van der Waals surface area (Å²) in [7, 11) is -2.33. The molecule has 202 valence electrons. The van der Waals surface area contributed by atoms with E-state index in [9.17, 15) is 13.2 Å². The number of carbonyl (C=O) groups is 1. The van der Waals surface area contributed by atoms with Crippen molar-refractivity contribution in [1.82, 2.24) is 9.29 Å². The molecule has 0 bridgehead atoms. The summed E-state index contributed by atoms with van der Waals surface area (Å²) in [5, 5.41) is 2.54. The molecule has 39 heavy (non-hydrogen) atoms. The zero-order chi connectivity index (χ0) is 28.2. The van der Waals surface area contributed by atoms with E-state index in [0.717, 1.165) is 11.1 Å². The van der Waals surface area contributed by atoms with Crippen molar-refractivity contribution >= 4 is 44.6 Å². The lowest BCUT2D eigenvalue weighted by Gasteiger charge is -2.29. The molecule has 1 aliphatic rings. The van der Waals surface area contributed by atoms with Crippen LogP contribution in [0.1, 0.15) is 55.4 Å². The Kier molecular flexibility index (Phi) is 8.80. The van der Waals surface area contributed by atoms with E-state index in [0.29, 0.717) is 21.8 Å². The number of sulfonamides is 1. The maximum atomic E-state index is 14.0. The lowest BCUT2D eigenvalue weighted by atomic mass is 9.99. The van der Waals surface area contributed by atoms with Gasteiger partial charge in [-0.15, -0.1) is 11.3 Å². The number of hydrogen-bond acceptors (Lipinski definition) is 5. The highest BCUT2D eigenvalue weighted by atomic mass is 32.2. The number of benzene rings is 3. The van der Waals surface area contributed by atoms with Crippen LogP contribution in [0.5, 0.6) is 0 Å². The molecule has 0 fully saturated rings. The predicted octanol–water partition coefficient (Wildman–Crippen LogP) is 6.88. The van der Waals surface area contributed by atoms with Crippen molar-refractivity contribution in [3.8, 4) is 0 Å². The Balaban J connectivity index is 0.00000172. The van der Waals surface area contributed by atoms with Gasteiger partial charge in [0, 0.05) is 30.2 Å². The van der Waals surface area contributed by atoms with E-state index in [1.807, 2.05) is 93.7 Å². The van der Waals surface area contributed by atoms with E-state index < -0.39 is 16.1 Å². The molecule has 0 N–H and O–H groups in total. The second-order valence-electron chi connectivity index (χ2n) is 9.12. The Morgan fingerprint density at radius 1 is 0.923 bits per heavy atom. The summed E-state index contributed by atoms with van der Waals surface area (Å²) in [6.07, 6.45) is 3.42. The maximum Gasteiger partial charge on any atom is 0.259 e. The standard InChI is InChI=1S/C29H27N3O3S2.C2H6/c1-20(2)32-26-15-14-23(18-24(26)25(29(32)33)19-27-30-16-17-36-27)37(34,35)31(3)28(21-10-6-4-7-11-21)22-12-8-5-9-13-22;1-2/h4-20,28H,1-3H3;1-2H3/b25-19+;. The second kappa shape index (κ2) is 12.1. The van der Waals surface area contributed by atoms with Crippen molar-refractivity contribution in [3.05, 3.63) is 112 Å². The molecule has 4 aromatic rings. The number of nitrogens with zero attached hydrogens (tertiary/aromatic N) is 3. The van der Waals surface area contributed by atoms with Crippen LogP contribution in [0, 0.1) is 0 Å². The quantitative estimate of drug-likeness (QED) is 0.232. The van der Waals surface area contributed by atoms with Gasteiger partial charge in [0.1, 0.15) is 5.01 Å². The molecule has 6 nitrogen and oxygen atoms in total. The highest BCUT2D eigenvalue weighted by Gasteiger charge is 2.37. The summed E-state index contributed by atoms with van der Waals surface area (Å²) in [5.41, 5.74) is 3.48. The Morgan fingerprint density at radius 2 is 1.51 bits per heavy atom. The van der Waals surface area contributed by atoms with Crippen molar-refractivity contribution in [3.63, 3.8) is 0 Å². The third-order valence-corrected chi connectivity index (χ3v) is 9.02. The first kappa shape index (κ1) is 28.4. The van der Waals surface area contributed by atoms with E-state index in [1.165, 1.54) is 15.6 Å². The van der Waals surface area contributed by atoms with Crippen molar-refractivity contribution in [2.24, 2.45) is 0 Å². The summed E-state index contributed by atoms with van der Waals surface area (Å²) in [4.78, 5) is 19.5. The van der Waals surface area contributed by atoms with Gasteiger partial charge in [0.05, 0.1) is 22.2 Å². The first-order valence-electron chi connectivity index (χ1n) is 13.0. The first-order valence-corrected chi connectivity index (χ1v) is 15.3. The van der Waals surface area contributed by atoms with E-state index in [2.05, 4.69) is 4.98 Å². The van der Waals surface area contributed by atoms with Gasteiger partial charge in [-0.25, -0.2) is 13.4 Å². The molecular weight excluding hydrogens is 526 g/mol. The van der Waals surface area contributed by atoms with Crippen LogP contribution >= 0.6 is 11.3 Å². The van der Waals surface area contributed by atoms with Crippen LogP contribution in [0.4, 0.5) is 5.69 Å². The van der Waals surface area contributed by atoms with Gasteiger partial charge in [-0.05, 0) is 49.2 Å². The Hall–Kier alpha value is -3.59. The van der Waals surface area contributed by atoms with Crippen molar-refractivity contribution in [1.29, 1.82) is 0 Å². The van der Waals surface area contributed by atoms with Gasteiger partial charge in [-0.2, -0.15) is 4.31 Å². The zero-order valence-electron chi connectivity index (χ0n) is 22.8. The van der Waals surface area contributed by atoms with Crippen LogP contribution in [0.3, 0.4) is 0 Å². The monoisotopic (exact) mass is 559 g/mol. The summed E-state index contributed by atoms with van der Waals surface area (Å²) in [6.45, 7) is 7.88. The van der Waals surface area contributed by atoms with Crippen LogP contribution in [-0.2, 0) is 14.8 Å². The van der Waals surface area contributed by atoms with Crippen molar-refractivity contribution in [2.75, 3.05) is 11.9 Å². The number of amides is 1. The molecule has 0 aliphatic carbocycles. The molecule has 0 saturated carbocycles. The van der Waals surface area contributed by atoms with E-state index in [4.69, 9.17) is 0 Å². The lowest BCUT2D eigenvalue weighted by Crippen LogP contribution is -2.33.